The van der Waals surface area contributed by atoms with Gasteiger partial charge in [0.05, 0.1) is 19.8 Å². The molecule has 0 bridgehead atoms. The summed E-state index contributed by atoms with van der Waals surface area (Å²) in [5.41, 5.74) is 4.22. The van der Waals surface area contributed by atoms with Gasteiger partial charge in [-0.05, 0) is 58.6 Å². The number of carbonyl (C=O) groups excluding carboxylic acids is 1. The normalized spacial score (nSPS) is 14.7. The van der Waals surface area contributed by atoms with Crippen molar-refractivity contribution in [3.63, 3.8) is 0 Å². The van der Waals surface area contributed by atoms with Crippen molar-refractivity contribution in [3.05, 3.63) is 17.7 Å². The number of carbonyl (C=O) groups is 1. The molecule has 1 aromatic rings. The van der Waals surface area contributed by atoms with Crippen molar-refractivity contribution in [1.82, 2.24) is 5.43 Å². The number of nitrogens with zero attached hydrogens (tertiary/aromatic N) is 1. The van der Waals surface area contributed by atoms with Gasteiger partial charge in [-0.1, -0.05) is 19.3 Å². The van der Waals surface area contributed by atoms with E-state index in [0.717, 1.165) is 31.4 Å². The highest BCUT2D eigenvalue weighted by molar-refractivity contribution is 5.96. The summed E-state index contributed by atoms with van der Waals surface area (Å²) >= 11 is 0. The van der Waals surface area contributed by atoms with Crippen molar-refractivity contribution in [1.29, 1.82) is 0 Å². The molecule has 1 aliphatic carbocycles. The van der Waals surface area contributed by atoms with Gasteiger partial charge < -0.3 is 14.2 Å². The minimum absolute atomic E-state index is 0.269. The first-order valence-corrected chi connectivity index (χ1v) is 10.1. The maximum Gasteiger partial charge on any atom is 0.271 e. The molecule has 150 valence electrons. The van der Waals surface area contributed by atoms with Crippen molar-refractivity contribution in [2.45, 2.75) is 65.7 Å². The Morgan fingerprint density at radius 2 is 1.41 bits per heavy atom. The zero-order valence-electron chi connectivity index (χ0n) is 16.8. The Labute approximate surface area is 162 Å². The van der Waals surface area contributed by atoms with E-state index in [0.29, 0.717) is 42.6 Å². The van der Waals surface area contributed by atoms with Crippen LogP contribution in [0.15, 0.2) is 17.2 Å². The van der Waals surface area contributed by atoms with Crippen LogP contribution in [0.4, 0.5) is 0 Å². The van der Waals surface area contributed by atoms with Gasteiger partial charge >= 0.3 is 0 Å². The molecule has 1 aliphatic rings. The molecule has 0 aromatic heterocycles. The van der Waals surface area contributed by atoms with E-state index in [1.807, 2.05) is 20.8 Å². The topological polar surface area (TPSA) is 69.2 Å². The smallest absolute Gasteiger partial charge is 0.271 e. The van der Waals surface area contributed by atoms with Gasteiger partial charge in [-0.2, -0.15) is 5.10 Å². The highest BCUT2D eigenvalue weighted by Crippen LogP contribution is 2.39. The quantitative estimate of drug-likeness (QED) is 0.667. The summed E-state index contributed by atoms with van der Waals surface area (Å²) in [5.74, 6) is 1.28. The second-order valence-corrected chi connectivity index (χ2v) is 6.49. The fraction of sp³-hybridized carbons (Fsp3) is 0.619. The Morgan fingerprint density at radius 3 is 1.93 bits per heavy atom. The van der Waals surface area contributed by atoms with Crippen LogP contribution in [0.25, 0.3) is 0 Å². The Hall–Kier alpha value is -2.24. The largest absolute Gasteiger partial charge is 0.490 e. The fourth-order valence-corrected chi connectivity index (χ4v) is 3.14. The summed E-state index contributed by atoms with van der Waals surface area (Å²) in [6.45, 7) is 7.11. The number of ether oxygens (including phenoxy) is 3. The molecule has 1 N–H and O–H groups in total. The van der Waals surface area contributed by atoms with Crippen LogP contribution in [0.2, 0.25) is 0 Å². The third-order valence-electron chi connectivity index (χ3n) is 4.42. The molecule has 0 saturated heterocycles. The molecule has 1 amide bonds. The van der Waals surface area contributed by atoms with Gasteiger partial charge in [0.1, 0.15) is 0 Å². The minimum Gasteiger partial charge on any atom is -0.490 e. The van der Waals surface area contributed by atoms with Crippen LogP contribution in [0, 0.1) is 0 Å². The number of hydrogen-bond acceptors (Lipinski definition) is 5. The molecule has 27 heavy (non-hydrogen) atoms. The molecule has 0 unspecified atom stereocenters. The molecule has 6 nitrogen and oxygen atoms in total. The van der Waals surface area contributed by atoms with Crippen LogP contribution in [-0.4, -0.2) is 31.4 Å². The lowest BCUT2D eigenvalue weighted by Crippen LogP contribution is -2.20. The first-order valence-electron chi connectivity index (χ1n) is 10.1. The maximum absolute atomic E-state index is 12.7. The summed E-state index contributed by atoms with van der Waals surface area (Å²) < 4.78 is 17.0. The first kappa shape index (κ1) is 21.1. The maximum atomic E-state index is 12.7. The predicted molar refractivity (Wildman–Crippen MR) is 107 cm³/mol. The van der Waals surface area contributed by atoms with E-state index in [9.17, 15) is 4.79 Å². The Bertz CT molecular complexity index is 606. The van der Waals surface area contributed by atoms with Crippen molar-refractivity contribution >= 4 is 11.6 Å². The SMILES string of the molecule is CCOc1cc(C(=O)NN=C2CCCCCCC2)cc(OCC)c1OCC. The van der Waals surface area contributed by atoms with Crippen LogP contribution in [-0.2, 0) is 0 Å². The predicted octanol–water partition coefficient (Wildman–Crippen LogP) is 4.71. The number of rotatable bonds is 8. The highest BCUT2D eigenvalue weighted by atomic mass is 16.5. The van der Waals surface area contributed by atoms with E-state index in [-0.39, 0.29) is 5.91 Å². The summed E-state index contributed by atoms with van der Waals surface area (Å²) in [6.07, 6.45) is 7.96. The Kier molecular flexibility index (Phi) is 8.95. The van der Waals surface area contributed by atoms with E-state index >= 15 is 0 Å². The van der Waals surface area contributed by atoms with Crippen molar-refractivity contribution in [2.75, 3.05) is 19.8 Å². The number of hydrogen-bond donors (Lipinski definition) is 1. The lowest BCUT2D eigenvalue weighted by atomic mass is 9.99. The first-order chi connectivity index (χ1) is 13.2. The monoisotopic (exact) mass is 376 g/mol. The number of nitrogens with one attached hydrogen (secondary N) is 1. The highest BCUT2D eigenvalue weighted by Gasteiger charge is 2.18. The summed E-state index contributed by atoms with van der Waals surface area (Å²) in [4.78, 5) is 12.7. The zero-order chi connectivity index (χ0) is 19.5. The molecule has 6 heteroatoms. The van der Waals surface area contributed by atoms with Crippen molar-refractivity contribution in [2.24, 2.45) is 5.10 Å². The fourth-order valence-electron chi connectivity index (χ4n) is 3.14. The van der Waals surface area contributed by atoms with Crippen LogP contribution in [0.5, 0.6) is 17.2 Å². The van der Waals surface area contributed by atoms with Crippen LogP contribution >= 0.6 is 0 Å². The number of amides is 1. The standard InChI is InChI=1S/C21H32N2O4/c1-4-25-18-14-16(15-19(26-5-2)20(18)27-6-3)21(24)23-22-17-12-10-8-7-9-11-13-17/h14-15H,4-13H2,1-3H3,(H,23,24). The van der Waals surface area contributed by atoms with Gasteiger partial charge in [-0.3, -0.25) is 4.79 Å². The van der Waals surface area contributed by atoms with Crippen molar-refractivity contribution < 1.29 is 19.0 Å². The molecule has 0 radical (unpaired) electrons. The lowest BCUT2D eigenvalue weighted by Gasteiger charge is -2.17. The van der Waals surface area contributed by atoms with E-state index in [1.165, 1.54) is 19.3 Å². The van der Waals surface area contributed by atoms with Gasteiger partial charge in [0, 0.05) is 11.3 Å². The molecule has 0 spiro atoms. The van der Waals surface area contributed by atoms with Crippen molar-refractivity contribution in [3.8, 4) is 17.2 Å². The van der Waals surface area contributed by atoms with Gasteiger partial charge in [0.2, 0.25) is 5.75 Å². The van der Waals surface area contributed by atoms with Gasteiger partial charge in [-0.25, -0.2) is 5.43 Å². The van der Waals surface area contributed by atoms with E-state index in [1.54, 1.807) is 12.1 Å². The van der Waals surface area contributed by atoms with Crippen LogP contribution in [0.1, 0.15) is 76.1 Å². The van der Waals surface area contributed by atoms with E-state index in [2.05, 4.69) is 10.5 Å². The molecule has 2 rings (SSSR count). The molecule has 1 saturated carbocycles. The lowest BCUT2D eigenvalue weighted by molar-refractivity contribution is 0.0953. The molecule has 0 heterocycles. The summed E-state index contributed by atoms with van der Waals surface area (Å²) in [5, 5.41) is 4.38. The Balaban J connectivity index is 2.20. The number of hydrazone groups is 1. The molecular formula is C21H32N2O4. The zero-order valence-corrected chi connectivity index (χ0v) is 16.8. The summed E-state index contributed by atoms with van der Waals surface area (Å²) in [6, 6.07) is 3.37. The summed E-state index contributed by atoms with van der Waals surface area (Å²) in [7, 11) is 0. The number of benzene rings is 1. The average molecular weight is 376 g/mol. The van der Waals surface area contributed by atoms with Gasteiger partial charge in [0.25, 0.3) is 5.91 Å². The third kappa shape index (κ3) is 6.45. The third-order valence-corrected chi connectivity index (χ3v) is 4.42. The van der Waals surface area contributed by atoms with Gasteiger partial charge in [0.15, 0.2) is 11.5 Å². The minimum atomic E-state index is -0.269. The van der Waals surface area contributed by atoms with Gasteiger partial charge in [-0.15, -0.1) is 0 Å². The second kappa shape index (κ2) is 11.5. The van der Waals surface area contributed by atoms with E-state index < -0.39 is 0 Å². The average Bonchev–Trinajstić information content (AvgIpc) is 2.63. The van der Waals surface area contributed by atoms with E-state index in [4.69, 9.17) is 14.2 Å². The molecule has 1 fully saturated rings. The van der Waals surface area contributed by atoms with Crippen LogP contribution in [0.3, 0.4) is 0 Å². The van der Waals surface area contributed by atoms with Crippen LogP contribution < -0.4 is 19.6 Å². The molecule has 1 aromatic carbocycles. The molecular weight excluding hydrogens is 344 g/mol. The second-order valence-electron chi connectivity index (χ2n) is 6.49. The molecule has 0 atom stereocenters. The molecule has 0 aliphatic heterocycles. The Morgan fingerprint density at radius 1 is 0.889 bits per heavy atom.